The number of sulfone groups is 1. The molecule has 1 aliphatic rings. The van der Waals surface area contributed by atoms with E-state index in [1.165, 1.54) is 12.1 Å². The first-order chi connectivity index (χ1) is 17.3. The Balaban J connectivity index is 2.54. The molecule has 0 fully saturated rings. The van der Waals surface area contributed by atoms with Gasteiger partial charge in [0.15, 0.2) is 0 Å². The van der Waals surface area contributed by atoms with Crippen molar-refractivity contribution in [3.05, 3.63) is 82.6 Å². The normalized spacial score (nSPS) is 16.4. The fourth-order valence-corrected chi connectivity index (χ4v) is 4.73. The van der Waals surface area contributed by atoms with Gasteiger partial charge in [0.1, 0.15) is 22.2 Å². The molecule has 1 unspecified atom stereocenters. The summed E-state index contributed by atoms with van der Waals surface area (Å²) in [4.78, 5) is 24.8. The number of nitriles is 1. The fraction of sp³-hybridized carbons (Fsp3) is 0.174. The van der Waals surface area contributed by atoms with Gasteiger partial charge in [0.2, 0.25) is 0 Å². The number of methoxy groups -OCH3 is 2. The first-order valence-corrected chi connectivity index (χ1v) is 11.6. The minimum Gasteiger partial charge on any atom is -0.466 e. The topological polar surface area (TPSA) is 140 Å². The third-order valence-electron chi connectivity index (χ3n) is 5.37. The summed E-state index contributed by atoms with van der Waals surface area (Å²) in [5.41, 5.74) is -2.25. The smallest absolute Gasteiger partial charge is 0.466 e. The maximum Gasteiger partial charge on any atom is 0.501 e. The van der Waals surface area contributed by atoms with Crippen LogP contribution in [-0.2, 0) is 28.9 Å². The van der Waals surface area contributed by atoms with Gasteiger partial charge < -0.3 is 15.2 Å². The highest BCUT2D eigenvalue weighted by Crippen LogP contribution is 2.46. The van der Waals surface area contributed by atoms with Gasteiger partial charge >= 0.3 is 17.4 Å². The molecule has 194 valence electrons. The lowest BCUT2D eigenvalue weighted by Crippen LogP contribution is -2.41. The Kier molecular flexibility index (Phi) is 7.31. The molecule has 0 aliphatic carbocycles. The van der Waals surface area contributed by atoms with Crippen LogP contribution < -0.4 is 10.6 Å². The summed E-state index contributed by atoms with van der Waals surface area (Å²) in [5, 5.41) is 9.95. The Bertz CT molecular complexity index is 1480. The number of carbonyl (C=O) groups excluding carboxylic acids is 2. The number of halogens is 4. The summed E-state index contributed by atoms with van der Waals surface area (Å²) < 4.78 is 88.8. The lowest BCUT2D eigenvalue weighted by molar-refractivity contribution is -0.139. The number of benzene rings is 2. The molecule has 2 aromatic carbocycles. The highest BCUT2D eigenvalue weighted by atomic mass is 32.2. The molecule has 2 aromatic rings. The average Bonchev–Trinajstić information content (AvgIpc) is 2.87. The molecule has 0 saturated carbocycles. The first kappa shape index (κ1) is 27.2. The second-order valence-corrected chi connectivity index (χ2v) is 9.31. The lowest BCUT2D eigenvalue weighted by Gasteiger charge is -2.36. The number of allylic oxidation sites excluding steroid dienone is 1. The van der Waals surface area contributed by atoms with Crippen LogP contribution in [0.25, 0.3) is 0 Å². The van der Waals surface area contributed by atoms with E-state index in [0.29, 0.717) is 17.0 Å². The van der Waals surface area contributed by atoms with Crippen molar-refractivity contribution >= 4 is 27.5 Å². The van der Waals surface area contributed by atoms with Gasteiger partial charge in [0.05, 0.1) is 43.0 Å². The van der Waals surface area contributed by atoms with Crippen LogP contribution in [0.1, 0.15) is 11.5 Å². The van der Waals surface area contributed by atoms with Gasteiger partial charge in [-0.2, -0.15) is 18.4 Å². The van der Waals surface area contributed by atoms with Crippen LogP contribution in [0.3, 0.4) is 0 Å². The molecule has 1 aliphatic heterocycles. The monoisotopic (exact) mass is 539 g/mol. The molecule has 0 bridgehead atoms. The highest BCUT2D eigenvalue weighted by Gasteiger charge is 2.50. The molecule has 3 rings (SSSR count). The molecule has 0 spiro atoms. The van der Waals surface area contributed by atoms with Crippen LogP contribution in [0.5, 0.6) is 0 Å². The van der Waals surface area contributed by atoms with E-state index >= 15 is 0 Å². The van der Waals surface area contributed by atoms with Gasteiger partial charge in [-0.3, -0.25) is 4.90 Å². The van der Waals surface area contributed by atoms with Crippen molar-refractivity contribution in [2.24, 2.45) is 5.73 Å². The quantitative estimate of drug-likeness (QED) is 0.449. The number of hydrogen-bond donors (Lipinski definition) is 1. The summed E-state index contributed by atoms with van der Waals surface area (Å²) in [5.74, 6) is -5.94. The molecular formula is C23H17F4N3O6S. The van der Waals surface area contributed by atoms with E-state index in [1.54, 1.807) is 24.3 Å². The number of nitrogens with two attached hydrogens (primary N) is 1. The van der Waals surface area contributed by atoms with E-state index in [0.717, 1.165) is 14.2 Å². The van der Waals surface area contributed by atoms with Crippen LogP contribution >= 0.6 is 0 Å². The maximum atomic E-state index is 14.0. The van der Waals surface area contributed by atoms with Gasteiger partial charge in [-0.1, -0.05) is 30.3 Å². The number of esters is 2. The molecule has 0 radical (unpaired) electrons. The van der Waals surface area contributed by atoms with Crippen LogP contribution in [0, 0.1) is 17.1 Å². The number of alkyl halides is 3. The molecule has 37 heavy (non-hydrogen) atoms. The molecule has 1 atom stereocenters. The van der Waals surface area contributed by atoms with E-state index in [-0.39, 0.29) is 11.6 Å². The van der Waals surface area contributed by atoms with Crippen molar-refractivity contribution in [3.63, 3.8) is 0 Å². The van der Waals surface area contributed by atoms with Gasteiger partial charge in [-0.05, 0) is 23.8 Å². The second-order valence-electron chi connectivity index (χ2n) is 7.40. The van der Waals surface area contributed by atoms with E-state index in [4.69, 9.17) is 15.2 Å². The summed E-state index contributed by atoms with van der Waals surface area (Å²) in [7, 11) is -4.39. The molecule has 0 aromatic heterocycles. The van der Waals surface area contributed by atoms with E-state index in [9.17, 15) is 40.8 Å². The van der Waals surface area contributed by atoms with Crippen molar-refractivity contribution < 1.29 is 45.0 Å². The number of anilines is 1. The predicted octanol–water partition coefficient (Wildman–Crippen LogP) is 3.02. The highest BCUT2D eigenvalue weighted by molar-refractivity contribution is 7.92. The Morgan fingerprint density at radius 3 is 2.16 bits per heavy atom. The molecule has 14 heteroatoms. The van der Waals surface area contributed by atoms with Crippen molar-refractivity contribution in [2.45, 2.75) is 16.3 Å². The Morgan fingerprint density at radius 2 is 1.65 bits per heavy atom. The van der Waals surface area contributed by atoms with Crippen LogP contribution in [0.4, 0.5) is 23.2 Å². The van der Waals surface area contributed by atoms with Gasteiger partial charge in [-0.25, -0.2) is 22.4 Å². The Hall–Kier alpha value is -4.38. The SMILES string of the molecule is COC(=O)C1=C(C(=O)OC)N(c2ccc(F)cc2S(=O)(=O)C(F)(F)F)C(N)=C(C#N)C1c1ccccc1. The summed E-state index contributed by atoms with van der Waals surface area (Å²) in [6.07, 6.45) is 0. The van der Waals surface area contributed by atoms with Crippen molar-refractivity contribution in [2.75, 3.05) is 19.1 Å². The molecular weight excluding hydrogens is 522 g/mol. The van der Waals surface area contributed by atoms with E-state index in [1.807, 2.05) is 0 Å². The largest absolute Gasteiger partial charge is 0.501 e. The molecule has 1 heterocycles. The third kappa shape index (κ3) is 4.60. The zero-order valence-corrected chi connectivity index (χ0v) is 19.9. The minimum atomic E-state index is -6.22. The van der Waals surface area contributed by atoms with Crippen LogP contribution in [-0.4, -0.2) is 40.1 Å². The Morgan fingerprint density at radius 1 is 1.05 bits per heavy atom. The molecule has 2 N–H and O–H groups in total. The van der Waals surface area contributed by atoms with Gasteiger partial charge in [0.25, 0.3) is 9.84 Å². The van der Waals surface area contributed by atoms with Gasteiger partial charge in [0, 0.05) is 0 Å². The van der Waals surface area contributed by atoms with Crippen LogP contribution in [0.2, 0.25) is 0 Å². The second kappa shape index (κ2) is 9.94. The number of nitrogens with zero attached hydrogens (tertiary/aromatic N) is 2. The number of carbonyl (C=O) groups is 2. The van der Waals surface area contributed by atoms with Crippen LogP contribution in [0.15, 0.2) is 76.1 Å². The fourth-order valence-electron chi connectivity index (χ4n) is 3.78. The first-order valence-electron chi connectivity index (χ1n) is 10.1. The van der Waals surface area contributed by atoms with E-state index in [2.05, 4.69) is 0 Å². The zero-order chi connectivity index (χ0) is 27.7. The number of rotatable bonds is 5. The predicted molar refractivity (Wildman–Crippen MR) is 119 cm³/mol. The number of ether oxygens (including phenoxy) is 2. The minimum absolute atomic E-state index is 0.0769. The average molecular weight is 539 g/mol. The van der Waals surface area contributed by atoms with Crippen molar-refractivity contribution in [1.29, 1.82) is 5.26 Å². The Labute approximate surface area is 207 Å². The summed E-state index contributed by atoms with van der Waals surface area (Å²) >= 11 is 0. The molecule has 0 amide bonds. The molecule has 0 saturated heterocycles. The summed E-state index contributed by atoms with van der Waals surface area (Å²) in [6, 6.07) is 10.7. The summed E-state index contributed by atoms with van der Waals surface area (Å²) in [6.45, 7) is 0. The standard InChI is InChI=1S/C23H17F4N3O6S/c1-35-21(31)18-17(12-6-4-3-5-7-12)14(11-28)20(29)30(19(18)22(32)36-2)15-9-8-13(24)10-16(15)37(33,34)23(25,26)27/h3-10,17H,29H2,1-2H3. The van der Waals surface area contributed by atoms with E-state index < -0.39 is 72.3 Å². The van der Waals surface area contributed by atoms with Crippen molar-refractivity contribution in [1.82, 2.24) is 0 Å². The zero-order valence-electron chi connectivity index (χ0n) is 19.0. The number of hydrogen-bond acceptors (Lipinski definition) is 9. The third-order valence-corrected chi connectivity index (χ3v) is 6.88. The molecule has 9 nitrogen and oxygen atoms in total. The maximum absolute atomic E-state index is 14.0. The van der Waals surface area contributed by atoms with Crippen molar-refractivity contribution in [3.8, 4) is 6.07 Å². The lowest BCUT2D eigenvalue weighted by atomic mass is 9.81. The van der Waals surface area contributed by atoms with Gasteiger partial charge in [-0.15, -0.1) is 0 Å².